The van der Waals surface area contributed by atoms with Gasteiger partial charge in [-0.2, -0.15) is 13.2 Å². The van der Waals surface area contributed by atoms with Gasteiger partial charge in [0.25, 0.3) is 5.91 Å². The molecule has 0 aliphatic carbocycles. The third-order valence-electron chi connectivity index (χ3n) is 6.64. The number of fused-ring (bicyclic) bond motifs is 1. The maximum Gasteiger partial charge on any atom is 0.416 e. The number of nitrogens with two attached hydrogens (primary N) is 2. The fourth-order valence-electron chi connectivity index (χ4n) is 4.67. The predicted molar refractivity (Wildman–Crippen MR) is 165 cm³/mol. The molecule has 4 rings (SSSR count). The summed E-state index contributed by atoms with van der Waals surface area (Å²) in [6, 6.07) is 21.5. The van der Waals surface area contributed by atoms with Gasteiger partial charge in [-0.1, -0.05) is 82.3 Å². The minimum atomic E-state index is -4.50. The molecule has 7 nitrogen and oxygen atoms in total. The van der Waals surface area contributed by atoms with Gasteiger partial charge in [-0.15, -0.1) is 0 Å². The Bertz CT molecular complexity index is 1280. The summed E-state index contributed by atoms with van der Waals surface area (Å²) in [5.74, 6) is 5.38. The molecule has 3 unspecified atom stereocenters. The molecule has 7 N–H and O–H groups in total. The maximum absolute atomic E-state index is 13.9. The highest BCUT2D eigenvalue weighted by molar-refractivity contribution is 6.00. The molecule has 0 spiro atoms. The second-order valence-corrected chi connectivity index (χ2v) is 9.25. The lowest BCUT2D eigenvalue weighted by Gasteiger charge is -2.39. The Morgan fingerprint density at radius 2 is 1.55 bits per heavy atom. The molecule has 3 aromatic carbocycles. The molecule has 1 amide bonds. The zero-order valence-corrected chi connectivity index (χ0v) is 24.9. The monoisotopic (exact) mass is 584 g/mol. The van der Waals surface area contributed by atoms with Crippen molar-refractivity contribution in [2.45, 2.75) is 52.5 Å². The molecule has 0 saturated carbocycles. The molecular formula is C32H43F3N6O. The molecule has 3 atom stereocenters. The molecule has 1 heterocycles. The molecule has 0 saturated heterocycles. The summed E-state index contributed by atoms with van der Waals surface area (Å²) in [6.07, 6.45) is -3.01. The van der Waals surface area contributed by atoms with Crippen LogP contribution in [0.4, 0.5) is 24.5 Å². The van der Waals surface area contributed by atoms with Gasteiger partial charge in [0.05, 0.1) is 11.3 Å². The van der Waals surface area contributed by atoms with Crippen LogP contribution in [0.1, 0.15) is 63.0 Å². The van der Waals surface area contributed by atoms with Crippen molar-refractivity contribution in [1.29, 1.82) is 0 Å². The first kappa shape index (κ1) is 34.3. The van der Waals surface area contributed by atoms with Crippen molar-refractivity contribution in [3.63, 3.8) is 0 Å². The van der Waals surface area contributed by atoms with E-state index in [0.29, 0.717) is 17.9 Å². The molecule has 10 heteroatoms. The highest BCUT2D eigenvalue weighted by atomic mass is 19.4. The number of halogens is 3. The average molecular weight is 585 g/mol. The minimum Gasteiger partial charge on any atom is -0.388 e. The zero-order chi connectivity index (χ0) is 31.3. The first-order valence-corrected chi connectivity index (χ1v) is 14.1. The SMILES string of the molecule is CC.CCCN/C(=C/C(=O)N(N)c1ccccc1)C(C)C1NC(c2ccccc2C(F)(F)F)Nc2ccccc21.CN. The lowest BCUT2D eigenvalue weighted by atomic mass is 9.87. The Labute approximate surface area is 247 Å². The Hall–Kier alpha value is -3.86. The Morgan fingerprint density at radius 3 is 2.17 bits per heavy atom. The molecule has 1 aliphatic heterocycles. The van der Waals surface area contributed by atoms with Crippen molar-refractivity contribution in [2.75, 3.05) is 23.9 Å². The van der Waals surface area contributed by atoms with Crippen LogP contribution in [-0.2, 0) is 11.0 Å². The molecule has 0 fully saturated rings. The Morgan fingerprint density at radius 1 is 0.976 bits per heavy atom. The Balaban J connectivity index is 0.00000148. The number of hydrogen-bond donors (Lipinski definition) is 5. The van der Waals surface area contributed by atoms with E-state index in [4.69, 9.17) is 5.84 Å². The molecular weight excluding hydrogens is 541 g/mol. The van der Waals surface area contributed by atoms with Crippen LogP contribution in [0.15, 0.2) is 90.6 Å². The van der Waals surface area contributed by atoms with Crippen LogP contribution in [0.3, 0.4) is 0 Å². The molecule has 0 bridgehead atoms. The lowest BCUT2D eigenvalue weighted by molar-refractivity contribution is -0.138. The normalized spacial score (nSPS) is 16.8. The molecule has 0 aromatic heterocycles. The van der Waals surface area contributed by atoms with Crippen LogP contribution in [-0.4, -0.2) is 19.5 Å². The number of hydrogen-bond acceptors (Lipinski definition) is 6. The van der Waals surface area contributed by atoms with E-state index in [-0.39, 0.29) is 11.5 Å². The van der Waals surface area contributed by atoms with Gasteiger partial charge in [-0.25, -0.2) is 10.9 Å². The summed E-state index contributed by atoms with van der Waals surface area (Å²) in [5.41, 5.74) is 6.71. The number of nitrogens with zero attached hydrogens (tertiary/aromatic N) is 1. The molecule has 42 heavy (non-hydrogen) atoms. The van der Waals surface area contributed by atoms with Crippen LogP contribution in [0.25, 0.3) is 0 Å². The van der Waals surface area contributed by atoms with E-state index < -0.39 is 29.9 Å². The van der Waals surface area contributed by atoms with Crippen LogP contribution >= 0.6 is 0 Å². The number of carbonyl (C=O) groups excluding carboxylic acids is 1. The first-order valence-electron chi connectivity index (χ1n) is 14.1. The number of nitrogens with one attached hydrogen (secondary N) is 3. The zero-order valence-electron chi connectivity index (χ0n) is 24.9. The number of benzene rings is 3. The van der Waals surface area contributed by atoms with Gasteiger partial charge >= 0.3 is 6.18 Å². The largest absolute Gasteiger partial charge is 0.416 e. The van der Waals surface area contributed by atoms with E-state index in [2.05, 4.69) is 21.7 Å². The van der Waals surface area contributed by atoms with Gasteiger partial charge in [-0.05, 0) is 43.3 Å². The third kappa shape index (κ3) is 8.58. The van der Waals surface area contributed by atoms with E-state index in [0.717, 1.165) is 28.7 Å². The quantitative estimate of drug-likeness (QED) is 0.0897. The smallest absolute Gasteiger partial charge is 0.388 e. The highest BCUT2D eigenvalue weighted by Gasteiger charge is 2.38. The van der Waals surface area contributed by atoms with Gasteiger partial charge in [0, 0.05) is 41.5 Å². The minimum absolute atomic E-state index is 0.104. The molecule has 3 aromatic rings. The highest BCUT2D eigenvalue weighted by Crippen LogP contribution is 2.41. The van der Waals surface area contributed by atoms with Crippen molar-refractivity contribution in [1.82, 2.24) is 10.6 Å². The maximum atomic E-state index is 13.9. The third-order valence-corrected chi connectivity index (χ3v) is 6.64. The van der Waals surface area contributed by atoms with Crippen molar-refractivity contribution < 1.29 is 18.0 Å². The lowest BCUT2D eigenvalue weighted by Crippen LogP contribution is -2.42. The predicted octanol–water partition coefficient (Wildman–Crippen LogP) is 6.49. The number of carbonyl (C=O) groups is 1. The van der Waals surface area contributed by atoms with Gasteiger partial charge < -0.3 is 16.4 Å². The number of hydrazine groups is 1. The van der Waals surface area contributed by atoms with Gasteiger partial charge in [0.2, 0.25) is 0 Å². The summed E-state index contributed by atoms with van der Waals surface area (Å²) in [6.45, 7) is 8.57. The standard InChI is InChI=1S/C29H32F3N5O.C2H6.CH5N/c1-3-17-34-25(18-26(38)37(33)20-11-5-4-6-12-20)19(2)27-22-14-8-10-16-24(22)35-28(36-27)21-13-7-9-15-23(21)29(30,31)32;2*1-2/h4-16,18-19,27-28,34-36H,3,17,33H2,1-2H3;1-2H3;2H2,1H3/b25-18+;;. The Kier molecular flexibility index (Phi) is 13.5. The van der Waals surface area contributed by atoms with E-state index in [1.165, 1.54) is 25.3 Å². The summed E-state index contributed by atoms with van der Waals surface area (Å²) in [5, 5.41) is 11.0. The molecule has 0 radical (unpaired) electrons. The van der Waals surface area contributed by atoms with Crippen LogP contribution in [0, 0.1) is 5.92 Å². The topological polar surface area (TPSA) is 108 Å². The fraction of sp³-hybridized carbons (Fsp3) is 0.344. The number of amides is 1. The van der Waals surface area contributed by atoms with Gasteiger partial charge in [-0.3, -0.25) is 10.1 Å². The van der Waals surface area contributed by atoms with Crippen molar-refractivity contribution in [3.8, 4) is 0 Å². The summed E-state index contributed by atoms with van der Waals surface area (Å²) < 4.78 is 41.6. The molecule has 228 valence electrons. The second kappa shape index (κ2) is 16.5. The van der Waals surface area contributed by atoms with Gasteiger partial charge in [0.15, 0.2) is 0 Å². The second-order valence-electron chi connectivity index (χ2n) is 9.25. The fourth-order valence-corrected chi connectivity index (χ4v) is 4.67. The average Bonchev–Trinajstić information content (AvgIpc) is 3.03. The summed E-state index contributed by atoms with van der Waals surface area (Å²) >= 11 is 0. The number of alkyl halides is 3. The number of anilines is 2. The first-order chi connectivity index (χ1) is 20.2. The van der Waals surface area contributed by atoms with E-state index >= 15 is 0 Å². The van der Waals surface area contributed by atoms with Crippen LogP contribution < -0.4 is 32.5 Å². The number of rotatable bonds is 8. The van der Waals surface area contributed by atoms with E-state index in [1.807, 2.05) is 58.0 Å². The van der Waals surface area contributed by atoms with Crippen molar-refractivity contribution in [2.24, 2.45) is 17.5 Å². The van der Waals surface area contributed by atoms with Crippen molar-refractivity contribution >= 4 is 17.3 Å². The molecule has 1 aliphatic rings. The van der Waals surface area contributed by atoms with Crippen LogP contribution in [0.5, 0.6) is 0 Å². The van der Waals surface area contributed by atoms with Crippen molar-refractivity contribution in [3.05, 3.63) is 107 Å². The van der Waals surface area contributed by atoms with Gasteiger partial charge in [0.1, 0.15) is 6.17 Å². The summed E-state index contributed by atoms with van der Waals surface area (Å²) in [4.78, 5) is 13.1. The van der Waals surface area contributed by atoms with E-state index in [9.17, 15) is 18.0 Å². The number of para-hydroxylation sites is 2. The van der Waals surface area contributed by atoms with Crippen LogP contribution in [0.2, 0.25) is 0 Å². The summed E-state index contributed by atoms with van der Waals surface area (Å²) in [7, 11) is 1.50. The van der Waals surface area contributed by atoms with E-state index in [1.54, 1.807) is 30.3 Å².